The van der Waals surface area contributed by atoms with Crippen molar-refractivity contribution in [3.8, 4) is 10.6 Å². The Morgan fingerprint density at radius 3 is 2.44 bits per heavy atom. The molecule has 3 aromatic rings. The van der Waals surface area contributed by atoms with Gasteiger partial charge in [0.25, 0.3) is 5.91 Å². The molecule has 27 heavy (non-hydrogen) atoms. The first kappa shape index (κ1) is 18.1. The van der Waals surface area contributed by atoms with Crippen molar-refractivity contribution in [1.82, 2.24) is 14.9 Å². The van der Waals surface area contributed by atoms with Crippen molar-refractivity contribution in [1.29, 1.82) is 0 Å². The fourth-order valence-electron chi connectivity index (χ4n) is 3.15. The van der Waals surface area contributed by atoms with Crippen LogP contribution in [0.15, 0.2) is 41.2 Å². The molecule has 2 aromatic heterocycles. The van der Waals surface area contributed by atoms with E-state index in [-0.39, 0.29) is 5.91 Å². The number of nitrogens with zero attached hydrogens (tertiary/aromatic N) is 4. The Hall–Kier alpha value is -2.25. The monoisotopic (exact) mass is 398 g/mol. The molecule has 0 N–H and O–H groups in total. The van der Waals surface area contributed by atoms with E-state index in [4.69, 9.17) is 0 Å². The molecule has 1 saturated heterocycles. The highest BCUT2D eigenvalue weighted by atomic mass is 32.1. The van der Waals surface area contributed by atoms with Gasteiger partial charge in [0.15, 0.2) is 5.13 Å². The molecular formula is C20H22N4OS2. The van der Waals surface area contributed by atoms with Crippen LogP contribution in [-0.4, -0.2) is 47.0 Å². The molecule has 140 valence electrons. The fraction of sp³-hybridized carbons (Fsp3) is 0.350. The topological polar surface area (TPSA) is 49.3 Å². The molecule has 5 nitrogen and oxygen atoms in total. The Balaban J connectivity index is 1.41. The molecule has 0 spiro atoms. The van der Waals surface area contributed by atoms with Gasteiger partial charge in [-0.2, -0.15) is 0 Å². The first-order valence-corrected chi connectivity index (χ1v) is 10.9. The molecule has 0 radical (unpaired) electrons. The number of carbonyl (C=O) groups is 1. The largest absolute Gasteiger partial charge is 0.345 e. The molecule has 1 aliphatic heterocycles. The average Bonchev–Trinajstić information content (AvgIpc) is 3.40. The van der Waals surface area contributed by atoms with E-state index < -0.39 is 0 Å². The summed E-state index contributed by atoms with van der Waals surface area (Å²) in [6, 6.07) is 8.46. The van der Waals surface area contributed by atoms with Gasteiger partial charge in [-0.05, 0) is 11.5 Å². The molecule has 1 aromatic carbocycles. The van der Waals surface area contributed by atoms with Crippen LogP contribution in [0.3, 0.4) is 0 Å². The lowest BCUT2D eigenvalue weighted by atomic mass is 10.0. The molecular weight excluding hydrogens is 376 g/mol. The van der Waals surface area contributed by atoms with Crippen molar-refractivity contribution >= 4 is 33.7 Å². The molecule has 0 bridgehead atoms. The number of thiazole rings is 2. The smallest absolute Gasteiger partial charge is 0.273 e. The van der Waals surface area contributed by atoms with E-state index in [9.17, 15) is 4.79 Å². The lowest BCUT2D eigenvalue weighted by Crippen LogP contribution is -2.48. The van der Waals surface area contributed by atoms with Crippen LogP contribution in [0.1, 0.15) is 35.8 Å². The van der Waals surface area contributed by atoms with E-state index >= 15 is 0 Å². The van der Waals surface area contributed by atoms with Gasteiger partial charge >= 0.3 is 0 Å². The summed E-state index contributed by atoms with van der Waals surface area (Å²) < 4.78 is 0. The van der Waals surface area contributed by atoms with Gasteiger partial charge < -0.3 is 9.80 Å². The van der Waals surface area contributed by atoms with Gasteiger partial charge in [-0.3, -0.25) is 4.79 Å². The van der Waals surface area contributed by atoms with Crippen LogP contribution in [0.5, 0.6) is 0 Å². The zero-order chi connectivity index (χ0) is 18.8. The summed E-state index contributed by atoms with van der Waals surface area (Å²) in [6.45, 7) is 7.40. The normalized spacial score (nSPS) is 14.8. The summed E-state index contributed by atoms with van der Waals surface area (Å²) in [5.74, 6) is 0.533. The predicted molar refractivity (Wildman–Crippen MR) is 112 cm³/mol. The number of piperazine rings is 1. The molecule has 0 saturated carbocycles. The number of benzene rings is 1. The van der Waals surface area contributed by atoms with Crippen LogP contribution in [0.25, 0.3) is 10.6 Å². The van der Waals surface area contributed by atoms with Gasteiger partial charge in [0.2, 0.25) is 0 Å². The summed E-state index contributed by atoms with van der Waals surface area (Å²) in [5.41, 5.74) is 2.92. The molecule has 0 unspecified atom stereocenters. The Bertz CT molecular complexity index is 894. The van der Waals surface area contributed by atoms with Crippen LogP contribution < -0.4 is 4.90 Å². The minimum absolute atomic E-state index is 0.0232. The van der Waals surface area contributed by atoms with Gasteiger partial charge in [0, 0.05) is 48.7 Å². The zero-order valence-corrected chi connectivity index (χ0v) is 17.1. The molecule has 7 heteroatoms. The molecule has 0 atom stereocenters. The number of aromatic nitrogens is 2. The van der Waals surface area contributed by atoms with Crippen LogP contribution >= 0.6 is 22.7 Å². The molecule has 1 aliphatic rings. The Morgan fingerprint density at radius 1 is 1.07 bits per heavy atom. The van der Waals surface area contributed by atoms with E-state index in [1.54, 1.807) is 11.3 Å². The van der Waals surface area contributed by atoms with Gasteiger partial charge in [-0.15, -0.1) is 22.7 Å². The van der Waals surface area contributed by atoms with Crippen molar-refractivity contribution in [2.75, 3.05) is 31.1 Å². The average molecular weight is 399 g/mol. The van der Waals surface area contributed by atoms with Crippen molar-refractivity contribution in [2.45, 2.75) is 19.8 Å². The van der Waals surface area contributed by atoms with Gasteiger partial charge in [-0.1, -0.05) is 38.1 Å². The number of hydrogen-bond donors (Lipinski definition) is 0. The minimum Gasteiger partial charge on any atom is -0.345 e. The van der Waals surface area contributed by atoms with Crippen molar-refractivity contribution in [3.05, 3.63) is 52.5 Å². The van der Waals surface area contributed by atoms with E-state index in [2.05, 4.69) is 53.0 Å². The van der Waals surface area contributed by atoms with Crippen LogP contribution in [0.4, 0.5) is 5.13 Å². The molecule has 3 heterocycles. The maximum Gasteiger partial charge on any atom is 0.273 e. The van der Waals surface area contributed by atoms with Crippen LogP contribution in [-0.2, 0) is 0 Å². The van der Waals surface area contributed by atoms with E-state index in [1.807, 2.05) is 21.9 Å². The quantitative estimate of drug-likeness (QED) is 0.655. The number of carbonyl (C=O) groups excluding carboxylic acids is 1. The summed E-state index contributed by atoms with van der Waals surface area (Å²) in [4.78, 5) is 25.9. The van der Waals surface area contributed by atoms with E-state index in [1.165, 1.54) is 16.9 Å². The third-order valence-electron chi connectivity index (χ3n) is 4.80. The minimum atomic E-state index is 0.0232. The second kappa shape index (κ2) is 7.78. The Labute approximate surface area is 167 Å². The molecule has 4 rings (SSSR count). The highest BCUT2D eigenvalue weighted by Gasteiger charge is 2.25. The third-order valence-corrected chi connectivity index (χ3v) is 6.53. The van der Waals surface area contributed by atoms with E-state index in [0.717, 1.165) is 28.8 Å². The maximum atomic E-state index is 12.8. The molecule has 1 amide bonds. The van der Waals surface area contributed by atoms with Gasteiger partial charge in [-0.25, -0.2) is 9.97 Å². The van der Waals surface area contributed by atoms with Gasteiger partial charge in [0.1, 0.15) is 10.7 Å². The second-order valence-corrected chi connectivity index (χ2v) is 8.64. The van der Waals surface area contributed by atoms with Crippen LogP contribution in [0.2, 0.25) is 0 Å². The number of hydrogen-bond acceptors (Lipinski definition) is 6. The number of rotatable bonds is 4. The Kier molecular flexibility index (Phi) is 5.22. The Morgan fingerprint density at radius 2 is 1.81 bits per heavy atom. The number of amides is 1. The third kappa shape index (κ3) is 3.89. The van der Waals surface area contributed by atoms with Gasteiger partial charge in [0.05, 0.1) is 0 Å². The molecule has 1 fully saturated rings. The first-order chi connectivity index (χ1) is 13.1. The summed E-state index contributed by atoms with van der Waals surface area (Å²) in [7, 11) is 0. The highest BCUT2D eigenvalue weighted by molar-refractivity contribution is 7.13. The summed E-state index contributed by atoms with van der Waals surface area (Å²) >= 11 is 3.17. The lowest BCUT2D eigenvalue weighted by molar-refractivity contribution is 0.0742. The standard InChI is InChI=1S/C20H22N4OS2/c1-14(2)15-3-5-16(6-4-15)18-22-17(13-27-18)19(25)23-8-10-24(11-9-23)20-21-7-12-26-20/h3-7,12-14H,8-11H2,1-2H3. The summed E-state index contributed by atoms with van der Waals surface area (Å²) in [6.07, 6.45) is 1.82. The lowest BCUT2D eigenvalue weighted by Gasteiger charge is -2.34. The SMILES string of the molecule is CC(C)c1ccc(-c2nc(C(=O)N3CCN(c4nccs4)CC3)cs2)cc1. The second-order valence-electron chi connectivity index (χ2n) is 6.91. The fourth-order valence-corrected chi connectivity index (χ4v) is 4.65. The maximum absolute atomic E-state index is 12.8. The van der Waals surface area contributed by atoms with Crippen LogP contribution in [0, 0.1) is 0 Å². The van der Waals surface area contributed by atoms with Crippen molar-refractivity contribution in [3.63, 3.8) is 0 Å². The summed E-state index contributed by atoms with van der Waals surface area (Å²) in [5, 5.41) is 5.79. The van der Waals surface area contributed by atoms with Crippen molar-refractivity contribution < 1.29 is 4.79 Å². The highest BCUT2D eigenvalue weighted by Crippen LogP contribution is 2.27. The number of anilines is 1. The van der Waals surface area contributed by atoms with E-state index in [0.29, 0.717) is 24.7 Å². The van der Waals surface area contributed by atoms with Crippen molar-refractivity contribution in [2.24, 2.45) is 0 Å². The first-order valence-electron chi connectivity index (χ1n) is 9.11. The zero-order valence-electron chi connectivity index (χ0n) is 15.5. The predicted octanol–water partition coefficient (Wildman–Crippen LogP) is 4.35. The molecule has 0 aliphatic carbocycles.